The summed E-state index contributed by atoms with van der Waals surface area (Å²) in [5, 5.41) is 11.0. The van der Waals surface area contributed by atoms with Crippen LogP contribution < -0.4 is 4.90 Å². The molecule has 5 rings (SSSR count). The molecule has 0 radical (unpaired) electrons. The van der Waals surface area contributed by atoms with Gasteiger partial charge < -0.3 is 0 Å². The largest absolute Gasteiger partial charge is 0.274 e. The third-order valence-electron chi connectivity index (χ3n) is 5.85. The molecule has 2 heterocycles. The van der Waals surface area contributed by atoms with Crippen molar-refractivity contribution in [2.45, 2.75) is 24.2 Å². The van der Waals surface area contributed by atoms with Crippen LogP contribution in [-0.4, -0.2) is 5.91 Å². The van der Waals surface area contributed by atoms with Crippen molar-refractivity contribution >= 4 is 23.4 Å². The Morgan fingerprint density at radius 1 is 0.967 bits per heavy atom. The van der Waals surface area contributed by atoms with Gasteiger partial charge in [0.2, 0.25) is 5.91 Å². The number of allylic oxidation sites excluding steroid dienone is 1. The summed E-state index contributed by atoms with van der Waals surface area (Å²) in [4.78, 5) is 16.7. The number of thioether (sulfide) groups is 1. The number of hydrogen-bond acceptors (Lipinski definition) is 3. The average Bonchev–Trinajstić information content (AvgIpc) is 3.16. The van der Waals surface area contributed by atoms with E-state index < -0.39 is 0 Å². The van der Waals surface area contributed by atoms with Crippen molar-refractivity contribution in [3.63, 3.8) is 0 Å². The normalized spacial score (nSPS) is 20.0. The average molecular weight is 409 g/mol. The molecule has 30 heavy (non-hydrogen) atoms. The molecule has 2 atom stereocenters. The van der Waals surface area contributed by atoms with Crippen molar-refractivity contribution in [1.82, 2.24) is 0 Å². The van der Waals surface area contributed by atoms with Crippen molar-refractivity contribution < 1.29 is 4.79 Å². The fraction of sp³-hybridized carbons (Fsp3) is 0.154. The zero-order valence-electron chi connectivity index (χ0n) is 16.6. The summed E-state index contributed by atoms with van der Waals surface area (Å²) in [5.41, 5.74) is 4.86. The number of carbonyl (C=O) groups excluding carboxylic acids is 1. The number of rotatable bonds is 3. The summed E-state index contributed by atoms with van der Waals surface area (Å²) in [5.74, 6) is -0.521. The molecule has 0 saturated heterocycles. The molecule has 0 aromatic heterocycles. The predicted octanol–water partition coefficient (Wildman–Crippen LogP) is 5.83. The van der Waals surface area contributed by atoms with Crippen LogP contribution in [0.1, 0.15) is 22.6 Å². The van der Waals surface area contributed by atoms with Crippen LogP contribution >= 0.6 is 11.8 Å². The molecule has 0 aliphatic carbocycles. The fourth-order valence-electron chi connectivity index (χ4n) is 4.39. The summed E-state index contributed by atoms with van der Waals surface area (Å²) in [7, 11) is 0. The quantitative estimate of drug-likeness (QED) is 0.548. The van der Waals surface area contributed by atoms with Crippen LogP contribution in [-0.2, 0) is 11.2 Å². The zero-order valence-corrected chi connectivity index (χ0v) is 17.4. The molecule has 146 valence electrons. The highest BCUT2D eigenvalue weighted by atomic mass is 32.2. The lowest BCUT2D eigenvalue weighted by atomic mass is 9.75. The first kappa shape index (κ1) is 18.7. The minimum absolute atomic E-state index is 0.0656. The number of para-hydroxylation sites is 1. The monoisotopic (exact) mass is 408 g/mol. The molecule has 0 fully saturated rings. The van der Waals surface area contributed by atoms with Crippen LogP contribution in [0.4, 0.5) is 5.69 Å². The van der Waals surface area contributed by atoms with Crippen molar-refractivity contribution in [3.8, 4) is 6.07 Å². The van der Waals surface area contributed by atoms with Crippen LogP contribution in [0.5, 0.6) is 0 Å². The molecule has 3 aromatic rings. The maximum atomic E-state index is 13.9. The number of benzene rings is 3. The van der Waals surface area contributed by atoms with Gasteiger partial charge in [0.1, 0.15) is 5.03 Å². The third kappa shape index (κ3) is 3.03. The molecule has 3 aromatic carbocycles. The van der Waals surface area contributed by atoms with Gasteiger partial charge in [-0.15, -0.1) is 0 Å². The van der Waals surface area contributed by atoms with E-state index in [-0.39, 0.29) is 17.7 Å². The van der Waals surface area contributed by atoms with E-state index in [0.29, 0.717) is 12.0 Å². The molecule has 2 aliphatic rings. The van der Waals surface area contributed by atoms with Crippen molar-refractivity contribution in [3.05, 3.63) is 106 Å². The van der Waals surface area contributed by atoms with Gasteiger partial charge in [0.05, 0.1) is 23.2 Å². The van der Waals surface area contributed by atoms with Gasteiger partial charge in [-0.1, -0.05) is 84.1 Å². The van der Waals surface area contributed by atoms with E-state index in [1.165, 1.54) is 11.8 Å². The highest BCUT2D eigenvalue weighted by Crippen LogP contribution is 2.54. The van der Waals surface area contributed by atoms with E-state index in [1.807, 2.05) is 49.4 Å². The third-order valence-corrected chi connectivity index (χ3v) is 7.01. The number of anilines is 1. The molecular formula is C26H20N2OS. The van der Waals surface area contributed by atoms with Crippen molar-refractivity contribution in [2.24, 2.45) is 5.92 Å². The molecule has 0 saturated carbocycles. The maximum Gasteiger partial charge on any atom is 0.236 e. The molecule has 0 unspecified atom stereocenters. The standard InChI is InChI=1S/C26H20N2OS/c1-17-11-13-19(14-12-17)24-20(15-18-7-3-2-4-8-18)25(29)28-22-9-5-6-10-23(22)30-26(28)21(24)16-27/h2-14,20,24H,15H2,1H3/t20-,24+/m1/s1. The van der Waals surface area contributed by atoms with E-state index in [2.05, 4.69) is 42.5 Å². The van der Waals surface area contributed by atoms with E-state index in [1.54, 1.807) is 4.90 Å². The highest BCUT2D eigenvalue weighted by molar-refractivity contribution is 8.03. The van der Waals surface area contributed by atoms with Gasteiger partial charge in [-0.2, -0.15) is 5.26 Å². The smallest absolute Gasteiger partial charge is 0.236 e. The first-order chi connectivity index (χ1) is 14.7. The van der Waals surface area contributed by atoms with Gasteiger partial charge in [-0.05, 0) is 36.6 Å². The molecule has 0 spiro atoms. The number of aryl methyl sites for hydroxylation is 1. The number of amides is 1. The van der Waals surface area contributed by atoms with E-state index in [4.69, 9.17) is 0 Å². The Labute approximate surface area is 180 Å². The van der Waals surface area contributed by atoms with E-state index >= 15 is 0 Å². The zero-order chi connectivity index (χ0) is 20.7. The van der Waals surface area contributed by atoms with E-state index in [9.17, 15) is 10.1 Å². The second kappa shape index (κ2) is 7.51. The van der Waals surface area contributed by atoms with Crippen LogP contribution in [0.15, 0.2) is 94.4 Å². The second-order valence-electron chi connectivity index (χ2n) is 7.76. The lowest BCUT2D eigenvalue weighted by Crippen LogP contribution is -2.42. The summed E-state index contributed by atoms with van der Waals surface area (Å²) >= 11 is 1.53. The summed E-state index contributed by atoms with van der Waals surface area (Å²) in [6, 6.07) is 28.7. The molecule has 0 N–H and O–H groups in total. The van der Waals surface area contributed by atoms with Gasteiger partial charge in [0, 0.05) is 10.8 Å². The van der Waals surface area contributed by atoms with Crippen molar-refractivity contribution in [2.75, 3.05) is 4.90 Å². The number of fused-ring (bicyclic) bond motifs is 3. The number of carbonyl (C=O) groups is 1. The SMILES string of the molecule is Cc1ccc([C@@H]2C(C#N)=C3Sc4ccccc4N3C(=O)[C@@H]2Cc2ccccc2)cc1. The first-order valence-electron chi connectivity index (χ1n) is 10.0. The Balaban J connectivity index is 1.69. The highest BCUT2D eigenvalue weighted by Gasteiger charge is 2.46. The van der Waals surface area contributed by atoms with Crippen LogP contribution in [0, 0.1) is 24.2 Å². The fourth-order valence-corrected chi connectivity index (χ4v) is 5.57. The van der Waals surface area contributed by atoms with Gasteiger partial charge in [0.25, 0.3) is 0 Å². The summed E-state index contributed by atoms with van der Waals surface area (Å²) < 4.78 is 0. The number of hydrogen-bond donors (Lipinski definition) is 0. The molecule has 3 nitrogen and oxygen atoms in total. The second-order valence-corrected chi connectivity index (χ2v) is 8.79. The lowest BCUT2D eigenvalue weighted by Gasteiger charge is -2.36. The Morgan fingerprint density at radius 3 is 2.40 bits per heavy atom. The number of nitrogens with zero attached hydrogens (tertiary/aromatic N) is 2. The molecule has 1 amide bonds. The first-order valence-corrected chi connectivity index (χ1v) is 10.8. The van der Waals surface area contributed by atoms with Gasteiger partial charge in [-0.3, -0.25) is 9.69 Å². The minimum Gasteiger partial charge on any atom is -0.274 e. The summed E-state index contributed by atoms with van der Waals surface area (Å²) in [6.07, 6.45) is 0.597. The van der Waals surface area contributed by atoms with Crippen LogP contribution in [0.3, 0.4) is 0 Å². The van der Waals surface area contributed by atoms with Crippen LogP contribution in [0.2, 0.25) is 0 Å². The van der Waals surface area contributed by atoms with Crippen LogP contribution in [0.25, 0.3) is 0 Å². The van der Waals surface area contributed by atoms with Gasteiger partial charge in [0.15, 0.2) is 0 Å². The Kier molecular flexibility index (Phi) is 4.69. The van der Waals surface area contributed by atoms with Gasteiger partial charge >= 0.3 is 0 Å². The molecule has 2 aliphatic heterocycles. The topological polar surface area (TPSA) is 44.1 Å². The molecule has 0 bridgehead atoms. The minimum atomic E-state index is -0.333. The summed E-state index contributed by atoms with van der Waals surface area (Å²) in [6.45, 7) is 2.05. The Bertz CT molecular complexity index is 1190. The van der Waals surface area contributed by atoms with Gasteiger partial charge in [-0.25, -0.2) is 0 Å². The molecular weight excluding hydrogens is 388 g/mol. The lowest BCUT2D eigenvalue weighted by molar-refractivity contribution is -0.122. The predicted molar refractivity (Wildman–Crippen MR) is 120 cm³/mol. The Hall–Kier alpha value is -3.29. The maximum absolute atomic E-state index is 13.9. The Morgan fingerprint density at radius 2 is 1.67 bits per heavy atom. The number of nitriles is 1. The van der Waals surface area contributed by atoms with E-state index in [0.717, 1.165) is 32.3 Å². The molecule has 4 heteroatoms. The van der Waals surface area contributed by atoms with Crippen molar-refractivity contribution in [1.29, 1.82) is 5.26 Å².